The van der Waals surface area contributed by atoms with Gasteiger partial charge in [0, 0.05) is 32.3 Å². The van der Waals surface area contributed by atoms with Crippen LogP contribution in [0, 0.1) is 0 Å². The first-order valence-electron chi connectivity index (χ1n) is 9.94. The van der Waals surface area contributed by atoms with Gasteiger partial charge >= 0.3 is 0 Å². The molecule has 1 rings (SSSR count). The van der Waals surface area contributed by atoms with Gasteiger partial charge in [0.1, 0.15) is 11.5 Å². The number of hydrogen-bond acceptors (Lipinski definition) is 5. The Kier molecular flexibility index (Phi) is 11.5. The van der Waals surface area contributed by atoms with Crippen molar-refractivity contribution in [2.24, 2.45) is 10.7 Å². The number of hydrogen-bond donors (Lipinski definition) is 3. The van der Waals surface area contributed by atoms with Gasteiger partial charge in [-0.1, -0.05) is 36.2 Å². The minimum absolute atomic E-state index is 0.293. The maximum Gasteiger partial charge on any atom is 0.275 e. The normalized spacial score (nSPS) is 13.5. The molecule has 0 radical (unpaired) electrons. The summed E-state index contributed by atoms with van der Waals surface area (Å²) in [6.07, 6.45) is 1.31. The van der Waals surface area contributed by atoms with E-state index in [2.05, 4.69) is 15.6 Å². The van der Waals surface area contributed by atoms with Crippen LogP contribution in [0.3, 0.4) is 0 Å². The zero-order chi connectivity index (χ0) is 22.7. The Labute approximate surface area is 189 Å². The molecule has 0 spiro atoms. The number of carbonyl (C=O) groups is 1. The summed E-state index contributed by atoms with van der Waals surface area (Å²) in [4.78, 5) is 17.1. The first-order valence-corrected chi connectivity index (χ1v) is 10.7. The average molecular weight is 455 g/mol. The highest BCUT2D eigenvalue weighted by Crippen LogP contribution is 2.22. The van der Waals surface area contributed by atoms with Crippen LogP contribution in [0.15, 0.2) is 45.9 Å². The minimum Gasteiger partial charge on any atom is -0.402 e. The smallest absolute Gasteiger partial charge is 0.275 e. The first kappa shape index (κ1) is 26.0. The zero-order valence-corrected chi connectivity index (χ0v) is 19.9. The molecule has 0 saturated heterocycles. The van der Waals surface area contributed by atoms with Crippen molar-refractivity contribution < 1.29 is 9.53 Å². The largest absolute Gasteiger partial charge is 0.402 e. The van der Waals surface area contributed by atoms with Gasteiger partial charge in [0.25, 0.3) is 5.91 Å². The summed E-state index contributed by atoms with van der Waals surface area (Å²) in [5.41, 5.74) is 9.61. The lowest BCUT2D eigenvalue weighted by Crippen LogP contribution is -2.37. The molecule has 4 N–H and O–H groups in total. The summed E-state index contributed by atoms with van der Waals surface area (Å²) < 4.78 is 5.34. The van der Waals surface area contributed by atoms with E-state index >= 15 is 0 Å². The summed E-state index contributed by atoms with van der Waals surface area (Å²) in [5, 5.41) is 7.20. The van der Waals surface area contributed by atoms with Crippen molar-refractivity contribution in [1.82, 2.24) is 10.6 Å². The van der Waals surface area contributed by atoms with Gasteiger partial charge in [0.05, 0.1) is 16.7 Å². The molecule has 0 bridgehead atoms. The first-order chi connectivity index (χ1) is 14.2. The predicted octanol–water partition coefficient (Wildman–Crippen LogP) is 4.57. The molecule has 0 atom stereocenters. The molecule has 1 aromatic carbocycles. The van der Waals surface area contributed by atoms with Crippen LogP contribution in [0.25, 0.3) is 0 Å². The van der Waals surface area contributed by atoms with Crippen molar-refractivity contribution in [2.45, 2.75) is 47.1 Å². The molecule has 0 unspecified atom stereocenters. The van der Waals surface area contributed by atoms with Crippen LogP contribution >= 0.6 is 23.2 Å². The van der Waals surface area contributed by atoms with Crippen molar-refractivity contribution in [3.63, 3.8) is 0 Å². The highest BCUT2D eigenvalue weighted by atomic mass is 35.5. The minimum atomic E-state index is -0.321. The fraction of sp³-hybridized carbons (Fsp3) is 0.455. The lowest BCUT2D eigenvalue weighted by atomic mass is 10.1. The third-order valence-corrected chi connectivity index (χ3v) is 5.38. The van der Waals surface area contributed by atoms with Gasteiger partial charge in [0.2, 0.25) is 0 Å². The molecule has 0 saturated carbocycles. The standard InChI is InChI=1S/C22H32Cl2N4O2/c1-6-14(3)21(27-13-16-8-9-17(23)18(24)12-16)28-22(29)20(26-5)15(4)19(25)10-11-30-7-2/h8-9,12,27H,6-7,10-11,13,25H2,1-5H3,(H,28,29)/b19-15-,21-14?,26-20?. The van der Waals surface area contributed by atoms with E-state index in [1.54, 1.807) is 26.1 Å². The van der Waals surface area contributed by atoms with Crippen molar-refractivity contribution in [3.05, 3.63) is 56.5 Å². The number of carbonyl (C=O) groups excluding carboxylic acids is 1. The van der Waals surface area contributed by atoms with Crippen LogP contribution in [-0.4, -0.2) is 31.9 Å². The Hall–Kier alpha value is -2.02. The third kappa shape index (κ3) is 8.01. The molecule has 0 aliphatic rings. The number of nitrogens with two attached hydrogens (primary N) is 1. The highest BCUT2D eigenvalue weighted by Gasteiger charge is 2.17. The van der Waals surface area contributed by atoms with E-state index in [1.807, 2.05) is 26.8 Å². The Bertz CT molecular complexity index is 832. The van der Waals surface area contributed by atoms with E-state index in [0.717, 1.165) is 17.6 Å². The molecular weight excluding hydrogens is 423 g/mol. The molecule has 1 amide bonds. The van der Waals surface area contributed by atoms with E-state index in [-0.39, 0.29) is 5.91 Å². The van der Waals surface area contributed by atoms with E-state index in [1.165, 1.54) is 0 Å². The lowest BCUT2D eigenvalue weighted by Gasteiger charge is -2.17. The molecule has 8 heteroatoms. The summed E-state index contributed by atoms with van der Waals surface area (Å²) >= 11 is 12.1. The maximum absolute atomic E-state index is 12.9. The fourth-order valence-corrected chi connectivity index (χ4v) is 2.92. The molecule has 0 aliphatic carbocycles. The number of amides is 1. The molecule has 0 heterocycles. The van der Waals surface area contributed by atoms with E-state index < -0.39 is 0 Å². The number of ether oxygens (including phenoxy) is 1. The Morgan fingerprint density at radius 2 is 1.90 bits per heavy atom. The van der Waals surface area contributed by atoms with Gasteiger partial charge in [-0.3, -0.25) is 9.79 Å². The summed E-state index contributed by atoms with van der Waals surface area (Å²) in [6, 6.07) is 5.42. The summed E-state index contributed by atoms with van der Waals surface area (Å²) in [6.45, 7) is 9.30. The molecular formula is C22H32Cl2N4O2. The highest BCUT2D eigenvalue weighted by molar-refractivity contribution is 6.45. The SMILES string of the molecule is CCOCC/C(N)=C(\C)C(=NC)C(=O)NC(NCc1ccc(Cl)c(Cl)c1)=C(C)CC. The van der Waals surface area contributed by atoms with Gasteiger partial charge in [-0.2, -0.15) is 0 Å². The second kappa shape index (κ2) is 13.3. The van der Waals surface area contributed by atoms with Crippen molar-refractivity contribution in [2.75, 3.05) is 20.3 Å². The van der Waals surface area contributed by atoms with Crippen molar-refractivity contribution >= 4 is 34.8 Å². The quantitative estimate of drug-likeness (QED) is 0.337. The van der Waals surface area contributed by atoms with Gasteiger partial charge in [-0.25, -0.2) is 0 Å². The number of aliphatic imine (C=N–C) groups is 1. The Morgan fingerprint density at radius 1 is 1.20 bits per heavy atom. The zero-order valence-electron chi connectivity index (χ0n) is 18.4. The van der Waals surface area contributed by atoms with Gasteiger partial charge in [-0.05, 0) is 56.0 Å². The Morgan fingerprint density at radius 3 is 2.47 bits per heavy atom. The van der Waals surface area contributed by atoms with Crippen LogP contribution in [0.1, 0.15) is 46.1 Å². The summed E-state index contributed by atoms with van der Waals surface area (Å²) in [7, 11) is 1.58. The van der Waals surface area contributed by atoms with E-state index in [9.17, 15) is 4.79 Å². The molecule has 1 aromatic rings. The molecule has 166 valence electrons. The second-order valence-electron chi connectivity index (χ2n) is 6.73. The monoisotopic (exact) mass is 454 g/mol. The van der Waals surface area contributed by atoms with Gasteiger partial charge in [-0.15, -0.1) is 0 Å². The number of allylic oxidation sites excluding steroid dienone is 1. The molecule has 0 aromatic heterocycles. The van der Waals surface area contributed by atoms with Crippen LogP contribution < -0.4 is 16.4 Å². The third-order valence-electron chi connectivity index (χ3n) is 4.64. The average Bonchev–Trinajstić information content (AvgIpc) is 2.73. The topological polar surface area (TPSA) is 88.7 Å². The number of nitrogens with zero attached hydrogens (tertiary/aromatic N) is 1. The number of nitrogens with one attached hydrogen (secondary N) is 2. The number of halogens is 2. The van der Waals surface area contributed by atoms with E-state index in [4.69, 9.17) is 33.7 Å². The number of rotatable bonds is 11. The number of benzene rings is 1. The van der Waals surface area contributed by atoms with Crippen LogP contribution in [0.2, 0.25) is 10.0 Å². The Balaban J connectivity index is 2.94. The summed E-state index contributed by atoms with van der Waals surface area (Å²) in [5.74, 6) is 0.314. The van der Waals surface area contributed by atoms with E-state index in [0.29, 0.717) is 59.0 Å². The molecule has 30 heavy (non-hydrogen) atoms. The predicted molar refractivity (Wildman–Crippen MR) is 126 cm³/mol. The molecule has 0 aliphatic heterocycles. The van der Waals surface area contributed by atoms with Crippen LogP contribution in [0.5, 0.6) is 0 Å². The van der Waals surface area contributed by atoms with Crippen LogP contribution in [0.4, 0.5) is 0 Å². The van der Waals surface area contributed by atoms with Gasteiger partial charge in [0.15, 0.2) is 0 Å². The molecule has 0 fully saturated rings. The van der Waals surface area contributed by atoms with Crippen molar-refractivity contribution in [3.8, 4) is 0 Å². The molecule has 6 nitrogen and oxygen atoms in total. The maximum atomic E-state index is 12.9. The van der Waals surface area contributed by atoms with Gasteiger partial charge < -0.3 is 21.1 Å². The lowest BCUT2D eigenvalue weighted by molar-refractivity contribution is -0.114. The van der Waals surface area contributed by atoms with Crippen molar-refractivity contribution in [1.29, 1.82) is 0 Å². The van der Waals surface area contributed by atoms with Crippen LogP contribution in [-0.2, 0) is 16.1 Å². The fourth-order valence-electron chi connectivity index (χ4n) is 2.60. The second-order valence-corrected chi connectivity index (χ2v) is 7.55.